The average Bonchev–Trinajstić information content (AvgIpc) is 2.85. The molecule has 1 heterocycles. The molecule has 1 aromatic rings. The van der Waals surface area contributed by atoms with Crippen LogP contribution in [-0.2, 0) is 6.54 Å². The van der Waals surface area contributed by atoms with E-state index in [9.17, 15) is 0 Å². The summed E-state index contributed by atoms with van der Waals surface area (Å²) in [6.07, 6.45) is 2.63. The molecule has 0 atom stereocenters. The number of hydrogen-bond donors (Lipinski definition) is 0. The average molecular weight is 228 g/mol. The van der Waals surface area contributed by atoms with E-state index in [1.54, 1.807) is 0 Å². The summed E-state index contributed by atoms with van der Waals surface area (Å²) in [6, 6.07) is 5.02. The van der Waals surface area contributed by atoms with E-state index in [0.717, 1.165) is 24.2 Å². The van der Waals surface area contributed by atoms with Crippen LogP contribution in [0.15, 0.2) is 29.1 Å². The maximum atomic E-state index is 5.85. The molecule has 14 heavy (non-hydrogen) atoms. The lowest BCUT2D eigenvalue weighted by molar-refractivity contribution is 0.284. The van der Waals surface area contributed by atoms with E-state index >= 15 is 0 Å². The number of hydrogen-bond acceptors (Lipinski definition) is 2. The van der Waals surface area contributed by atoms with Gasteiger partial charge >= 0.3 is 0 Å². The highest BCUT2D eigenvalue weighted by molar-refractivity contribution is 7.09. The van der Waals surface area contributed by atoms with Crippen molar-refractivity contribution in [2.45, 2.75) is 25.4 Å². The van der Waals surface area contributed by atoms with Gasteiger partial charge in [0.25, 0.3) is 0 Å². The number of rotatable bonds is 5. The molecule has 1 aromatic heterocycles. The van der Waals surface area contributed by atoms with Crippen molar-refractivity contribution in [3.63, 3.8) is 0 Å². The zero-order chi connectivity index (χ0) is 9.97. The highest BCUT2D eigenvalue weighted by Gasteiger charge is 2.29. The van der Waals surface area contributed by atoms with Crippen molar-refractivity contribution in [2.24, 2.45) is 0 Å². The van der Waals surface area contributed by atoms with Crippen LogP contribution in [-0.4, -0.2) is 17.5 Å². The SMILES string of the molecule is C=C(Cl)CN(Cc1cccs1)C1CC1. The lowest BCUT2D eigenvalue weighted by atomic mass is 10.4. The third-order valence-corrected chi connectivity index (χ3v) is 3.36. The van der Waals surface area contributed by atoms with Gasteiger partial charge in [-0.15, -0.1) is 11.3 Å². The second-order valence-electron chi connectivity index (χ2n) is 3.73. The molecule has 1 fully saturated rings. The van der Waals surface area contributed by atoms with Gasteiger partial charge in [0, 0.05) is 29.0 Å². The monoisotopic (exact) mass is 227 g/mol. The van der Waals surface area contributed by atoms with Crippen molar-refractivity contribution >= 4 is 22.9 Å². The molecule has 0 saturated heterocycles. The van der Waals surface area contributed by atoms with Crippen LogP contribution < -0.4 is 0 Å². The molecule has 3 heteroatoms. The lowest BCUT2D eigenvalue weighted by Gasteiger charge is -2.20. The van der Waals surface area contributed by atoms with Gasteiger partial charge in [-0.2, -0.15) is 0 Å². The van der Waals surface area contributed by atoms with Crippen molar-refractivity contribution in [3.05, 3.63) is 34.0 Å². The number of nitrogens with zero attached hydrogens (tertiary/aromatic N) is 1. The standard InChI is InChI=1S/C11H14ClNS/c1-9(12)7-13(10-4-5-10)8-11-3-2-6-14-11/h2-3,6,10H,1,4-5,7-8H2. The predicted octanol–water partition coefficient (Wildman–Crippen LogP) is 3.47. The summed E-state index contributed by atoms with van der Waals surface area (Å²) in [7, 11) is 0. The van der Waals surface area contributed by atoms with Crippen LogP contribution in [0.2, 0.25) is 0 Å². The van der Waals surface area contributed by atoms with Gasteiger partial charge in [0.1, 0.15) is 0 Å². The first-order valence-electron chi connectivity index (χ1n) is 4.85. The third kappa shape index (κ3) is 2.84. The van der Waals surface area contributed by atoms with Gasteiger partial charge in [-0.05, 0) is 24.3 Å². The van der Waals surface area contributed by atoms with Crippen LogP contribution in [0.25, 0.3) is 0 Å². The molecule has 0 aromatic carbocycles. The van der Waals surface area contributed by atoms with Crippen molar-refractivity contribution in [2.75, 3.05) is 6.54 Å². The lowest BCUT2D eigenvalue weighted by Crippen LogP contribution is -2.26. The smallest absolute Gasteiger partial charge is 0.0342 e. The van der Waals surface area contributed by atoms with E-state index < -0.39 is 0 Å². The van der Waals surface area contributed by atoms with Gasteiger partial charge in [0.2, 0.25) is 0 Å². The largest absolute Gasteiger partial charge is 0.290 e. The molecule has 1 aliphatic rings. The van der Waals surface area contributed by atoms with E-state index in [1.807, 2.05) is 11.3 Å². The summed E-state index contributed by atoms with van der Waals surface area (Å²) in [5, 5.41) is 2.86. The zero-order valence-corrected chi connectivity index (χ0v) is 9.65. The minimum atomic E-state index is 0.743. The van der Waals surface area contributed by atoms with Gasteiger partial charge in [0.15, 0.2) is 0 Å². The van der Waals surface area contributed by atoms with Crippen LogP contribution in [0.4, 0.5) is 0 Å². The van der Waals surface area contributed by atoms with Gasteiger partial charge < -0.3 is 0 Å². The fourth-order valence-corrected chi connectivity index (χ4v) is 2.46. The molecule has 0 amide bonds. The molecule has 0 bridgehead atoms. The topological polar surface area (TPSA) is 3.24 Å². The summed E-state index contributed by atoms with van der Waals surface area (Å²) < 4.78 is 0. The van der Waals surface area contributed by atoms with Crippen molar-refractivity contribution < 1.29 is 0 Å². The fourth-order valence-electron chi connectivity index (χ4n) is 1.58. The van der Waals surface area contributed by atoms with Crippen LogP contribution in [0.5, 0.6) is 0 Å². The molecule has 2 rings (SSSR count). The first-order valence-corrected chi connectivity index (χ1v) is 6.11. The van der Waals surface area contributed by atoms with Crippen LogP contribution in [0.1, 0.15) is 17.7 Å². The number of halogens is 1. The highest BCUT2D eigenvalue weighted by atomic mass is 35.5. The Labute approximate surface area is 94.0 Å². The van der Waals surface area contributed by atoms with Crippen LogP contribution in [0, 0.1) is 0 Å². The Morgan fingerprint density at radius 1 is 1.64 bits per heavy atom. The van der Waals surface area contributed by atoms with Gasteiger partial charge in [-0.1, -0.05) is 24.2 Å². The fraction of sp³-hybridized carbons (Fsp3) is 0.455. The quantitative estimate of drug-likeness (QED) is 0.745. The highest BCUT2D eigenvalue weighted by Crippen LogP contribution is 2.29. The zero-order valence-electron chi connectivity index (χ0n) is 8.08. The normalized spacial score (nSPS) is 16.1. The third-order valence-electron chi connectivity index (χ3n) is 2.38. The molecule has 0 radical (unpaired) electrons. The van der Waals surface area contributed by atoms with E-state index in [4.69, 9.17) is 11.6 Å². The minimum absolute atomic E-state index is 0.743. The summed E-state index contributed by atoms with van der Waals surface area (Å²) in [4.78, 5) is 3.83. The second-order valence-corrected chi connectivity index (χ2v) is 5.30. The molecule has 0 aliphatic heterocycles. The van der Waals surface area contributed by atoms with E-state index in [-0.39, 0.29) is 0 Å². The van der Waals surface area contributed by atoms with Crippen molar-refractivity contribution in [1.29, 1.82) is 0 Å². The molecule has 1 saturated carbocycles. The Balaban J connectivity index is 1.93. The molecule has 1 nitrogen and oxygen atoms in total. The first kappa shape index (κ1) is 10.2. The summed E-state index contributed by atoms with van der Waals surface area (Å²) in [6.45, 7) is 5.61. The van der Waals surface area contributed by atoms with Crippen molar-refractivity contribution in [1.82, 2.24) is 4.90 Å². The minimum Gasteiger partial charge on any atom is -0.290 e. The van der Waals surface area contributed by atoms with Gasteiger partial charge in [0.05, 0.1) is 0 Å². The molecule has 0 spiro atoms. The molecular formula is C11H14ClNS. The second kappa shape index (κ2) is 4.47. The maximum Gasteiger partial charge on any atom is 0.0342 e. The van der Waals surface area contributed by atoms with Gasteiger partial charge in [-0.25, -0.2) is 0 Å². The predicted molar refractivity (Wildman–Crippen MR) is 62.7 cm³/mol. The van der Waals surface area contributed by atoms with Crippen LogP contribution in [0.3, 0.4) is 0 Å². The van der Waals surface area contributed by atoms with E-state index in [1.165, 1.54) is 17.7 Å². The Kier molecular flexibility index (Phi) is 3.26. The van der Waals surface area contributed by atoms with Crippen LogP contribution >= 0.6 is 22.9 Å². The molecule has 0 N–H and O–H groups in total. The van der Waals surface area contributed by atoms with E-state index in [0.29, 0.717) is 0 Å². The molecule has 76 valence electrons. The first-order chi connectivity index (χ1) is 6.75. The molecule has 0 unspecified atom stereocenters. The van der Waals surface area contributed by atoms with Gasteiger partial charge in [-0.3, -0.25) is 4.90 Å². The molecular weight excluding hydrogens is 214 g/mol. The Hall–Kier alpha value is -0.310. The summed E-state index contributed by atoms with van der Waals surface area (Å²) in [5.41, 5.74) is 0. The number of thiophene rings is 1. The maximum absolute atomic E-state index is 5.85. The van der Waals surface area contributed by atoms with E-state index in [2.05, 4.69) is 29.0 Å². The summed E-state index contributed by atoms with van der Waals surface area (Å²) in [5.74, 6) is 0. The van der Waals surface area contributed by atoms with Crippen molar-refractivity contribution in [3.8, 4) is 0 Å². The summed E-state index contributed by atoms with van der Waals surface area (Å²) >= 11 is 7.66. The Morgan fingerprint density at radius 2 is 2.43 bits per heavy atom. The molecule has 1 aliphatic carbocycles. The Bertz CT molecular complexity index is 303. The Morgan fingerprint density at radius 3 is 2.93 bits per heavy atom.